The van der Waals surface area contributed by atoms with Crippen molar-refractivity contribution in [3.8, 4) is 11.3 Å². The van der Waals surface area contributed by atoms with Gasteiger partial charge in [0.25, 0.3) is 5.91 Å². The van der Waals surface area contributed by atoms with E-state index >= 15 is 0 Å². The Hall–Kier alpha value is -4.26. The second-order valence-corrected chi connectivity index (χ2v) is 8.22. The number of aromatic carboxylic acids is 1. The molecule has 1 aliphatic heterocycles. The first kappa shape index (κ1) is 21.6. The number of carboxylic acids is 1. The molecule has 1 N–H and O–H groups in total. The molecule has 3 aromatic carbocycles. The molecule has 7 heteroatoms. The Kier molecular flexibility index (Phi) is 5.67. The molecule has 0 bridgehead atoms. The van der Waals surface area contributed by atoms with E-state index in [2.05, 4.69) is 4.90 Å². The van der Waals surface area contributed by atoms with Crippen LogP contribution in [0.1, 0.15) is 20.7 Å². The quantitative estimate of drug-likeness (QED) is 0.483. The maximum Gasteiger partial charge on any atom is 0.335 e. The van der Waals surface area contributed by atoms with Crippen molar-refractivity contribution in [2.24, 2.45) is 0 Å². The zero-order valence-electron chi connectivity index (χ0n) is 18.3. The minimum atomic E-state index is -1.00. The van der Waals surface area contributed by atoms with Crippen LogP contribution in [0.15, 0.2) is 78.9 Å². The first-order valence-electron chi connectivity index (χ1n) is 11.0. The van der Waals surface area contributed by atoms with Gasteiger partial charge in [-0.1, -0.05) is 18.2 Å². The van der Waals surface area contributed by atoms with E-state index in [1.807, 2.05) is 41.3 Å². The molecule has 1 amide bonds. The Labute approximate surface area is 195 Å². The smallest absolute Gasteiger partial charge is 0.335 e. The van der Waals surface area contributed by atoms with Crippen LogP contribution in [-0.2, 0) is 0 Å². The summed E-state index contributed by atoms with van der Waals surface area (Å²) >= 11 is 0. The van der Waals surface area contributed by atoms with Crippen molar-refractivity contribution >= 4 is 28.5 Å². The third-order valence-electron chi connectivity index (χ3n) is 6.09. The highest BCUT2D eigenvalue weighted by Gasteiger charge is 2.25. The van der Waals surface area contributed by atoms with E-state index in [4.69, 9.17) is 4.98 Å². The van der Waals surface area contributed by atoms with Gasteiger partial charge >= 0.3 is 5.97 Å². The van der Waals surface area contributed by atoms with Gasteiger partial charge in [-0.2, -0.15) is 0 Å². The number of amides is 1. The van der Waals surface area contributed by atoms with Gasteiger partial charge in [-0.3, -0.25) is 4.79 Å². The number of pyridine rings is 1. The Morgan fingerprint density at radius 1 is 0.824 bits per heavy atom. The Morgan fingerprint density at radius 3 is 2.21 bits per heavy atom. The van der Waals surface area contributed by atoms with Gasteiger partial charge in [0.15, 0.2) is 0 Å². The standard InChI is InChI=1S/C27H22FN3O3/c28-22-9-6-18(7-10-22)25-24(17-21-16-20(27(33)34)8-11-23(21)29-25)30-12-14-31(15-13-30)26(32)19-4-2-1-3-5-19/h1-11,16-17H,12-15H2,(H,33,34). The lowest BCUT2D eigenvalue weighted by molar-refractivity contribution is 0.0695. The molecule has 0 atom stereocenters. The van der Waals surface area contributed by atoms with Crippen LogP contribution in [0.4, 0.5) is 10.1 Å². The van der Waals surface area contributed by atoms with Crippen LogP contribution in [0.5, 0.6) is 0 Å². The van der Waals surface area contributed by atoms with Crippen molar-refractivity contribution in [2.45, 2.75) is 0 Å². The number of anilines is 1. The lowest BCUT2D eigenvalue weighted by atomic mass is 10.0. The van der Waals surface area contributed by atoms with Gasteiger partial charge in [-0.25, -0.2) is 14.2 Å². The molecule has 0 spiro atoms. The average molecular weight is 455 g/mol. The molecule has 0 radical (unpaired) electrons. The summed E-state index contributed by atoms with van der Waals surface area (Å²) in [5.41, 5.74) is 3.80. The highest BCUT2D eigenvalue weighted by Crippen LogP contribution is 2.33. The fourth-order valence-corrected chi connectivity index (χ4v) is 4.27. The monoisotopic (exact) mass is 455 g/mol. The van der Waals surface area contributed by atoms with Crippen LogP contribution >= 0.6 is 0 Å². The maximum absolute atomic E-state index is 13.6. The number of nitrogens with zero attached hydrogens (tertiary/aromatic N) is 3. The maximum atomic E-state index is 13.6. The van der Waals surface area contributed by atoms with E-state index in [-0.39, 0.29) is 17.3 Å². The number of carboxylic acid groups (broad SMARTS) is 1. The lowest BCUT2D eigenvalue weighted by Gasteiger charge is -2.37. The Morgan fingerprint density at radius 2 is 1.53 bits per heavy atom. The molecule has 2 heterocycles. The van der Waals surface area contributed by atoms with Gasteiger partial charge in [0.05, 0.1) is 22.5 Å². The minimum absolute atomic E-state index is 0.00162. The van der Waals surface area contributed by atoms with Gasteiger partial charge in [0, 0.05) is 42.7 Å². The number of rotatable bonds is 4. The Bertz CT molecular complexity index is 1370. The van der Waals surface area contributed by atoms with Crippen LogP contribution in [0.3, 0.4) is 0 Å². The summed E-state index contributed by atoms with van der Waals surface area (Å²) in [5.74, 6) is -1.33. The van der Waals surface area contributed by atoms with Crippen LogP contribution in [0.2, 0.25) is 0 Å². The zero-order valence-corrected chi connectivity index (χ0v) is 18.3. The molecule has 6 nitrogen and oxygen atoms in total. The van der Waals surface area contributed by atoms with Crippen LogP contribution in [0, 0.1) is 5.82 Å². The van der Waals surface area contributed by atoms with E-state index in [0.717, 1.165) is 11.3 Å². The van der Waals surface area contributed by atoms with Gasteiger partial charge in [0.2, 0.25) is 0 Å². The molecule has 0 saturated carbocycles. The molecule has 170 valence electrons. The van der Waals surface area contributed by atoms with Crippen LogP contribution < -0.4 is 4.90 Å². The molecule has 0 aliphatic carbocycles. The largest absolute Gasteiger partial charge is 0.478 e. The van der Waals surface area contributed by atoms with Gasteiger partial charge in [-0.05, 0) is 60.7 Å². The first-order valence-corrected chi connectivity index (χ1v) is 11.0. The van der Waals surface area contributed by atoms with Crippen LogP contribution in [0.25, 0.3) is 22.2 Å². The topological polar surface area (TPSA) is 73.7 Å². The van der Waals surface area contributed by atoms with Crippen molar-refractivity contribution in [1.82, 2.24) is 9.88 Å². The van der Waals surface area contributed by atoms with Gasteiger partial charge in [0.1, 0.15) is 5.82 Å². The predicted molar refractivity (Wildman–Crippen MR) is 129 cm³/mol. The number of aromatic nitrogens is 1. The summed E-state index contributed by atoms with van der Waals surface area (Å²) in [6.45, 7) is 2.28. The van der Waals surface area contributed by atoms with E-state index in [9.17, 15) is 19.1 Å². The second kappa shape index (κ2) is 8.94. The highest BCUT2D eigenvalue weighted by molar-refractivity contribution is 5.96. The molecule has 1 aliphatic rings. The summed E-state index contributed by atoms with van der Waals surface area (Å²) in [7, 11) is 0. The number of hydrogen-bond acceptors (Lipinski definition) is 4. The van der Waals surface area contributed by atoms with Gasteiger partial charge in [-0.15, -0.1) is 0 Å². The van der Waals surface area contributed by atoms with E-state index < -0.39 is 5.97 Å². The summed E-state index contributed by atoms with van der Waals surface area (Å²) in [4.78, 5) is 33.1. The fraction of sp³-hybridized carbons (Fsp3) is 0.148. The number of piperazine rings is 1. The SMILES string of the molecule is O=C(O)c1ccc2nc(-c3ccc(F)cc3)c(N3CCN(C(=O)c4ccccc4)CC3)cc2c1. The van der Waals surface area contributed by atoms with Crippen molar-refractivity contribution < 1.29 is 19.1 Å². The number of fused-ring (bicyclic) bond motifs is 1. The summed E-state index contributed by atoms with van der Waals surface area (Å²) in [6, 6.07) is 22.1. The summed E-state index contributed by atoms with van der Waals surface area (Å²) in [5, 5.41) is 10.1. The van der Waals surface area contributed by atoms with Gasteiger partial charge < -0.3 is 14.9 Å². The summed E-state index contributed by atoms with van der Waals surface area (Å²) in [6.07, 6.45) is 0. The predicted octanol–water partition coefficient (Wildman–Crippen LogP) is 4.70. The molecule has 1 fully saturated rings. The van der Waals surface area contributed by atoms with Crippen molar-refractivity contribution in [1.29, 1.82) is 0 Å². The molecule has 5 rings (SSSR count). The number of carbonyl (C=O) groups is 2. The van der Waals surface area contributed by atoms with E-state index in [1.54, 1.807) is 24.3 Å². The number of halogens is 1. The van der Waals surface area contributed by atoms with Crippen molar-refractivity contribution in [2.75, 3.05) is 31.1 Å². The van der Waals surface area contributed by atoms with Crippen molar-refractivity contribution in [3.05, 3.63) is 95.8 Å². The van der Waals surface area contributed by atoms with E-state index in [0.29, 0.717) is 48.3 Å². The first-order chi connectivity index (χ1) is 16.5. The average Bonchev–Trinajstić information content (AvgIpc) is 2.88. The molecular weight excluding hydrogens is 433 g/mol. The normalized spacial score (nSPS) is 13.8. The number of benzene rings is 3. The lowest BCUT2D eigenvalue weighted by Crippen LogP contribution is -2.49. The third-order valence-corrected chi connectivity index (χ3v) is 6.09. The Balaban J connectivity index is 1.49. The highest BCUT2D eigenvalue weighted by atomic mass is 19.1. The molecule has 1 saturated heterocycles. The van der Waals surface area contributed by atoms with Crippen molar-refractivity contribution in [3.63, 3.8) is 0 Å². The fourth-order valence-electron chi connectivity index (χ4n) is 4.27. The zero-order chi connectivity index (χ0) is 23.7. The molecule has 0 unspecified atom stereocenters. The third kappa shape index (κ3) is 4.20. The molecule has 1 aromatic heterocycles. The minimum Gasteiger partial charge on any atom is -0.478 e. The van der Waals surface area contributed by atoms with E-state index in [1.165, 1.54) is 18.2 Å². The molecule has 34 heavy (non-hydrogen) atoms. The molecular formula is C27H22FN3O3. The second-order valence-electron chi connectivity index (χ2n) is 8.22. The summed E-state index contributed by atoms with van der Waals surface area (Å²) < 4.78 is 13.6. The number of hydrogen-bond donors (Lipinski definition) is 1. The van der Waals surface area contributed by atoms with Crippen LogP contribution in [-0.4, -0.2) is 53.0 Å². The molecule has 4 aromatic rings. The number of carbonyl (C=O) groups excluding carboxylic acids is 1.